The van der Waals surface area contributed by atoms with Crippen molar-refractivity contribution in [2.45, 2.75) is 6.61 Å². The summed E-state index contributed by atoms with van der Waals surface area (Å²) in [5.41, 5.74) is 2.61. The molecule has 6 heteroatoms. The molecule has 0 saturated heterocycles. The van der Waals surface area contributed by atoms with E-state index in [1.807, 2.05) is 60.7 Å². The van der Waals surface area contributed by atoms with Crippen molar-refractivity contribution < 1.29 is 19.4 Å². The number of thioether (sulfide) groups is 1. The molecule has 3 aromatic carbocycles. The molecule has 0 fully saturated rings. The summed E-state index contributed by atoms with van der Waals surface area (Å²) in [6, 6.07) is 17.3. The van der Waals surface area contributed by atoms with Gasteiger partial charge in [-0.1, -0.05) is 54.7 Å². The molecule has 0 aliphatic carbocycles. The summed E-state index contributed by atoms with van der Waals surface area (Å²) in [6.45, 7) is 3.94. The number of aliphatic hydroxyl groups is 1. The zero-order chi connectivity index (χ0) is 21.5. The molecule has 4 nitrogen and oxygen atoms in total. The minimum Gasteiger partial charge on any atom is -0.508 e. The predicted octanol–water partition coefficient (Wildman–Crippen LogP) is 6.59. The van der Waals surface area contributed by atoms with Crippen LogP contribution in [0.4, 0.5) is 0 Å². The predicted molar refractivity (Wildman–Crippen MR) is 128 cm³/mol. The highest BCUT2D eigenvalue weighted by atomic mass is 79.9. The Labute approximate surface area is 188 Å². The number of halogens is 1. The van der Waals surface area contributed by atoms with E-state index in [2.05, 4.69) is 22.5 Å². The van der Waals surface area contributed by atoms with Crippen LogP contribution in [0.25, 0.3) is 22.6 Å². The Morgan fingerprint density at radius 1 is 1.17 bits per heavy atom. The standard InChI is InChI=1S/C24H21BrO4S/c1-16(27)18-5-3-17(4-6-18)14-29-21-9-10-23-19(11-21)7-8-20(24(23)25)12-22(13-26)30-15-28-2/h3-13,27H,1,14-15H2,2H3/b22-12-. The van der Waals surface area contributed by atoms with E-state index in [-0.39, 0.29) is 5.76 Å². The molecule has 154 valence electrons. The molecule has 0 spiro atoms. The minimum atomic E-state index is 0.0503. The quantitative estimate of drug-likeness (QED) is 0.160. The van der Waals surface area contributed by atoms with Crippen LogP contribution in [0.15, 0.2) is 70.6 Å². The lowest BCUT2D eigenvalue weighted by atomic mass is 10.1. The monoisotopic (exact) mass is 484 g/mol. The molecular formula is C24H21BrO4S. The van der Waals surface area contributed by atoms with Crippen LogP contribution >= 0.6 is 27.7 Å². The van der Waals surface area contributed by atoms with Crippen LogP contribution in [0.5, 0.6) is 5.75 Å². The second-order valence-corrected chi connectivity index (χ2v) is 8.29. The average molecular weight is 485 g/mol. The number of fused-ring (bicyclic) bond motifs is 1. The van der Waals surface area contributed by atoms with Gasteiger partial charge in [0.2, 0.25) is 0 Å². The van der Waals surface area contributed by atoms with Gasteiger partial charge in [0.15, 0.2) is 6.29 Å². The lowest BCUT2D eigenvalue weighted by molar-refractivity contribution is -0.104. The Morgan fingerprint density at radius 3 is 2.60 bits per heavy atom. The molecule has 0 saturated carbocycles. The maximum atomic E-state index is 11.3. The molecule has 30 heavy (non-hydrogen) atoms. The molecule has 0 aromatic heterocycles. The first-order valence-corrected chi connectivity index (χ1v) is 10.9. The largest absolute Gasteiger partial charge is 0.508 e. The van der Waals surface area contributed by atoms with Gasteiger partial charge in [0.1, 0.15) is 18.1 Å². The molecule has 0 heterocycles. The third-order valence-electron chi connectivity index (χ3n) is 4.41. The first-order valence-electron chi connectivity index (χ1n) is 9.12. The Kier molecular flexibility index (Phi) is 7.74. The van der Waals surface area contributed by atoms with Crippen LogP contribution in [0.1, 0.15) is 16.7 Å². The van der Waals surface area contributed by atoms with Gasteiger partial charge in [0.05, 0.1) is 5.94 Å². The van der Waals surface area contributed by atoms with Gasteiger partial charge in [-0.25, -0.2) is 0 Å². The molecule has 0 atom stereocenters. The van der Waals surface area contributed by atoms with E-state index in [0.717, 1.165) is 38.4 Å². The maximum Gasteiger partial charge on any atom is 0.156 e. The normalized spacial score (nSPS) is 11.5. The van der Waals surface area contributed by atoms with Crippen LogP contribution in [0, 0.1) is 0 Å². The van der Waals surface area contributed by atoms with Gasteiger partial charge >= 0.3 is 0 Å². The highest BCUT2D eigenvalue weighted by Gasteiger charge is 2.07. The number of hydrogen-bond acceptors (Lipinski definition) is 5. The van der Waals surface area contributed by atoms with E-state index >= 15 is 0 Å². The number of rotatable bonds is 9. The van der Waals surface area contributed by atoms with Crippen molar-refractivity contribution in [3.63, 3.8) is 0 Å². The summed E-state index contributed by atoms with van der Waals surface area (Å²) in [5.74, 6) is 1.24. The number of allylic oxidation sites excluding steroid dienone is 1. The minimum absolute atomic E-state index is 0.0503. The van der Waals surface area contributed by atoms with Crippen LogP contribution in [-0.4, -0.2) is 24.4 Å². The zero-order valence-corrected chi connectivity index (χ0v) is 18.8. The number of carbonyl (C=O) groups is 1. The number of methoxy groups -OCH3 is 1. The zero-order valence-electron chi connectivity index (χ0n) is 16.4. The SMILES string of the molecule is C=C(O)c1ccc(COc2ccc3c(Br)c(/C=C(/C=O)SCOC)ccc3c2)cc1. The van der Waals surface area contributed by atoms with Gasteiger partial charge < -0.3 is 14.6 Å². The Balaban J connectivity index is 1.77. The molecule has 0 unspecified atom stereocenters. The maximum absolute atomic E-state index is 11.3. The molecule has 0 aliphatic heterocycles. The smallest absolute Gasteiger partial charge is 0.156 e. The van der Waals surface area contributed by atoms with Crippen molar-refractivity contribution in [1.29, 1.82) is 0 Å². The van der Waals surface area contributed by atoms with Gasteiger partial charge in [-0.2, -0.15) is 0 Å². The van der Waals surface area contributed by atoms with Crippen molar-refractivity contribution in [1.82, 2.24) is 0 Å². The molecule has 1 N–H and O–H groups in total. The summed E-state index contributed by atoms with van der Waals surface area (Å²) in [5, 5.41) is 11.5. The lowest BCUT2D eigenvalue weighted by Crippen LogP contribution is -1.96. The average Bonchev–Trinajstić information content (AvgIpc) is 2.77. The fraction of sp³-hybridized carbons (Fsp3) is 0.125. The summed E-state index contributed by atoms with van der Waals surface area (Å²) < 4.78 is 11.9. The molecular weight excluding hydrogens is 464 g/mol. The topological polar surface area (TPSA) is 55.8 Å². The molecule has 0 amide bonds. The molecule has 3 aromatic rings. The number of hydrogen-bond donors (Lipinski definition) is 1. The van der Waals surface area contributed by atoms with Crippen molar-refractivity contribution in [3.05, 3.63) is 87.2 Å². The summed E-state index contributed by atoms with van der Waals surface area (Å²) in [4.78, 5) is 11.9. The third kappa shape index (κ3) is 5.53. The van der Waals surface area contributed by atoms with E-state index in [1.54, 1.807) is 7.11 Å². The highest BCUT2D eigenvalue weighted by Crippen LogP contribution is 2.32. The number of benzene rings is 3. The van der Waals surface area contributed by atoms with Crippen molar-refractivity contribution >= 4 is 56.6 Å². The van der Waals surface area contributed by atoms with E-state index in [9.17, 15) is 9.90 Å². The molecule has 0 aliphatic rings. The van der Waals surface area contributed by atoms with Crippen molar-refractivity contribution in [3.8, 4) is 5.75 Å². The number of aliphatic hydroxyl groups excluding tert-OH is 1. The van der Waals surface area contributed by atoms with E-state index < -0.39 is 0 Å². The Bertz CT molecular complexity index is 1090. The van der Waals surface area contributed by atoms with Gasteiger partial charge in [-0.05, 0) is 62.1 Å². The van der Waals surface area contributed by atoms with E-state index in [0.29, 0.717) is 23.0 Å². The van der Waals surface area contributed by atoms with Crippen LogP contribution in [0.2, 0.25) is 0 Å². The Morgan fingerprint density at radius 2 is 1.93 bits per heavy atom. The summed E-state index contributed by atoms with van der Waals surface area (Å²) in [7, 11) is 1.60. The van der Waals surface area contributed by atoms with Gasteiger partial charge in [0.25, 0.3) is 0 Å². The lowest BCUT2D eigenvalue weighted by Gasteiger charge is -2.10. The van der Waals surface area contributed by atoms with Crippen molar-refractivity contribution in [2.24, 2.45) is 0 Å². The van der Waals surface area contributed by atoms with E-state index in [1.165, 1.54) is 11.8 Å². The van der Waals surface area contributed by atoms with Gasteiger partial charge in [0, 0.05) is 22.1 Å². The first-order chi connectivity index (χ1) is 14.5. The fourth-order valence-corrected chi connectivity index (χ4v) is 3.98. The van der Waals surface area contributed by atoms with Crippen molar-refractivity contribution in [2.75, 3.05) is 13.0 Å². The van der Waals surface area contributed by atoms with Crippen LogP contribution in [-0.2, 0) is 16.1 Å². The molecule has 0 radical (unpaired) electrons. The van der Waals surface area contributed by atoms with Gasteiger partial charge in [-0.3, -0.25) is 4.79 Å². The first kappa shape index (κ1) is 22.2. The number of aldehydes is 1. The molecule has 0 bridgehead atoms. The Hall–Kier alpha value is -2.54. The van der Waals surface area contributed by atoms with Crippen LogP contribution in [0.3, 0.4) is 0 Å². The van der Waals surface area contributed by atoms with Gasteiger partial charge in [-0.15, -0.1) is 0 Å². The number of carbonyl (C=O) groups excluding carboxylic acids is 1. The third-order valence-corrected chi connectivity index (χ3v) is 6.19. The van der Waals surface area contributed by atoms with Crippen LogP contribution < -0.4 is 4.74 Å². The molecule has 3 rings (SSSR count). The van der Waals surface area contributed by atoms with E-state index in [4.69, 9.17) is 9.47 Å². The second-order valence-electron chi connectivity index (χ2n) is 6.50. The summed E-state index contributed by atoms with van der Waals surface area (Å²) >= 11 is 5.01. The second kappa shape index (κ2) is 10.5. The highest BCUT2D eigenvalue weighted by molar-refractivity contribution is 9.10. The fourth-order valence-electron chi connectivity index (χ4n) is 2.84. The number of ether oxygens (including phenoxy) is 2. The summed E-state index contributed by atoms with van der Waals surface area (Å²) in [6.07, 6.45) is 2.68.